The third-order valence-corrected chi connectivity index (χ3v) is 6.88. The number of carbonyl (C=O) groups is 2. The zero-order valence-corrected chi connectivity index (χ0v) is 19.0. The second-order valence-corrected chi connectivity index (χ2v) is 10.2. The van der Waals surface area contributed by atoms with E-state index in [0.717, 1.165) is 0 Å². The van der Waals surface area contributed by atoms with E-state index in [-0.39, 0.29) is 18.6 Å². The van der Waals surface area contributed by atoms with Gasteiger partial charge in [-0.3, -0.25) is 19.3 Å². The number of amides is 2. The first-order valence-corrected chi connectivity index (χ1v) is 12.6. The lowest BCUT2D eigenvalue weighted by atomic mass is 9.95. The molecule has 0 aliphatic carbocycles. The molecule has 1 fully saturated rings. The van der Waals surface area contributed by atoms with E-state index in [1.807, 2.05) is 0 Å². The molecule has 1 heterocycles. The summed E-state index contributed by atoms with van der Waals surface area (Å²) in [5, 5.41) is 11.4. The van der Waals surface area contributed by atoms with Gasteiger partial charge in [-0.05, 0) is 36.1 Å². The van der Waals surface area contributed by atoms with Gasteiger partial charge in [0, 0.05) is 24.7 Å². The Morgan fingerprint density at radius 3 is 2.36 bits per heavy atom. The SMILES string of the molecule is COC1(C(NC(=O)c2ccc(C#CC#CCCOP(=O)(O)O)cc2)C(=O)NO)CS(=O)(=O)C1. The maximum atomic E-state index is 12.6. The summed E-state index contributed by atoms with van der Waals surface area (Å²) in [6.07, 6.45) is 0.0751. The predicted molar refractivity (Wildman–Crippen MR) is 113 cm³/mol. The normalized spacial score (nSPS) is 16.6. The first-order valence-electron chi connectivity index (χ1n) is 9.21. The number of hydroxylamine groups is 1. The highest BCUT2D eigenvalue weighted by Crippen LogP contribution is 2.35. The number of sulfone groups is 1. The standard InChI is InChI=1S/C19H21N2O10PS/c1-30-19(12-33(28,29)13-19)16(18(23)21-24)20-17(22)15-9-7-14(8-10-15)6-4-2-3-5-11-31-32(25,26)27/h7-10,16,24H,5,11-13H2,1H3,(H,20,22)(H,21,23)(H2,25,26,27). The van der Waals surface area contributed by atoms with Gasteiger partial charge in [0.25, 0.3) is 11.8 Å². The molecule has 2 amide bonds. The number of benzene rings is 1. The lowest BCUT2D eigenvalue weighted by Crippen LogP contribution is -2.71. The lowest BCUT2D eigenvalue weighted by Gasteiger charge is -2.44. The quantitative estimate of drug-likeness (QED) is 0.0969. The number of ether oxygens (including phenoxy) is 1. The third-order valence-electron chi connectivity index (χ3n) is 4.50. The maximum absolute atomic E-state index is 12.6. The molecule has 1 aliphatic rings. The largest absolute Gasteiger partial charge is 0.469 e. The Kier molecular flexibility index (Phi) is 8.77. The van der Waals surface area contributed by atoms with Crippen LogP contribution in [0.25, 0.3) is 0 Å². The number of nitrogens with one attached hydrogen (secondary N) is 2. The molecule has 14 heteroatoms. The van der Waals surface area contributed by atoms with E-state index in [1.54, 1.807) is 0 Å². The number of methoxy groups -OCH3 is 1. The van der Waals surface area contributed by atoms with E-state index in [0.29, 0.717) is 5.56 Å². The number of carbonyl (C=O) groups excluding carboxylic acids is 2. The smallest absolute Gasteiger partial charge is 0.373 e. The van der Waals surface area contributed by atoms with Crippen LogP contribution in [-0.2, 0) is 28.5 Å². The molecule has 2 rings (SSSR count). The van der Waals surface area contributed by atoms with Crippen LogP contribution in [0.5, 0.6) is 0 Å². The van der Waals surface area contributed by atoms with Crippen LogP contribution in [0.4, 0.5) is 0 Å². The molecule has 1 unspecified atom stereocenters. The molecule has 5 N–H and O–H groups in total. The highest BCUT2D eigenvalue weighted by molar-refractivity contribution is 7.93. The number of phosphoric acid groups is 1. The molecule has 178 valence electrons. The average molecular weight is 500 g/mol. The second kappa shape index (κ2) is 10.9. The lowest BCUT2D eigenvalue weighted by molar-refractivity contribution is -0.138. The van der Waals surface area contributed by atoms with E-state index in [1.165, 1.54) is 36.9 Å². The second-order valence-electron chi connectivity index (χ2n) is 6.89. The molecule has 1 saturated heterocycles. The molecular weight excluding hydrogens is 479 g/mol. The number of phosphoric ester groups is 1. The Balaban J connectivity index is 2.02. The minimum Gasteiger partial charge on any atom is -0.373 e. The topological polar surface area (TPSA) is 189 Å². The van der Waals surface area contributed by atoms with Crippen molar-refractivity contribution >= 4 is 29.5 Å². The fourth-order valence-electron chi connectivity index (χ4n) is 2.95. The Hall–Kier alpha value is -2.74. The summed E-state index contributed by atoms with van der Waals surface area (Å²) in [4.78, 5) is 41.7. The first kappa shape index (κ1) is 26.5. The molecule has 0 saturated carbocycles. The molecule has 0 spiro atoms. The summed E-state index contributed by atoms with van der Waals surface area (Å²) < 4.78 is 43.2. The van der Waals surface area contributed by atoms with Crippen molar-refractivity contribution in [3.05, 3.63) is 35.4 Å². The molecule has 0 aromatic heterocycles. The van der Waals surface area contributed by atoms with Gasteiger partial charge in [0.05, 0.1) is 18.1 Å². The van der Waals surface area contributed by atoms with Gasteiger partial charge in [0.15, 0.2) is 9.84 Å². The van der Waals surface area contributed by atoms with E-state index >= 15 is 0 Å². The van der Waals surface area contributed by atoms with Crippen molar-refractivity contribution in [1.82, 2.24) is 10.8 Å². The highest BCUT2D eigenvalue weighted by atomic mass is 32.2. The van der Waals surface area contributed by atoms with Gasteiger partial charge in [-0.15, -0.1) is 0 Å². The fourth-order valence-corrected chi connectivity index (χ4v) is 5.25. The highest BCUT2D eigenvalue weighted by Gasteiger charge is 2.57. The Labute approximate surface area is 189 Å². The van der Waals surface area contributed by atoms with Crippen molar-refractivity contribution in [2.24, 2.45) is 0 Å². The van der Waals surface area contributed by atoms with Crippen molar-refractivity contribution in [3.8, 4) is 23.7 Å². The van der Waals surface area contributed by atoms with E-state index in [9.17, 15) is 22.6 Å². The predicted octanol–water partition coefficient (Wildman–Crippen LogP) is -1.04. The van der Waals surface area contributed by atoms with Crippen molar-refractivity contribution in [2.45, 2.75) is 18.1 Å². The molecule has 33 heavy (non-hydrogen) atoms. The van der Waals surface area contributed by atoms with Gasteiger partial charge < -0.3 is 19.8 Å². The van der Waals surface area contributed by atoms with Crippen LogP contribution in [0.3, 0.4) is 0 Å². The van der Waals surface area contributed by atoms with Crippen LogP contribution in [0.2, 0.25) is 0 Å². The summed E-state index contributed by atoms with van der Waals surface area (Å²) in [5.41, 5.74) is 0.564. The molecule has 0 radical (unpaired) electrons. The minimum absolute atomic E-state index is 0.0751. The maximum Gasteiger partial charge on any atom is 0.469 e. The summed E-state index contributed by atoms with van der Waals surface area (Å²) in [6.45, 7) is -0.242. The van der Waals surface area contributed by atoms with Gasteiger partial charge in [0.1, 0.15) is 11.6 Å². The van der Waals surface area contributed by atoms with Crippen molar-refractivity contribution in [3.63, 3.8) is 0 Å². The van der Waals surface area contributed by atoms with Gasteiger partial charge in [0.2, 0.25) is 0 Å². The number of hydrogen-bond donors (Lipinski definition) is 5. The number of rotatable bonds is 8. The molecule has 1 aliphatic heterocycles. The Bertz CT molecular complexity index is 1160. The van der Waals surface area contributed by atoms with E-state index in [2.05, 4.69) is 33.5 Å². The molecule has 1 aromatic rings. The van der Waals surface area contributed by atoms with Crippen LogP contribution in [-0.4, -0.2) is 72.1 Å². The Morgan fingerprint density at radius 2 is 1.85 bits per heavy atom. The van der Waals surface area contributed by atoms with Gasteiger partial charge in [-0.25, -0.2) is 18.5 Å². The fraction of sp³-hybridized carbons (Fsp3) is 0.368. The summed E-state index contributed by atoms with van der Waals surface area (Å²) in [6, 6.07) is 4.42. The van der Waals surface area contributed by atoms with E-state index in [4.69, 9.17) is 19.7 Å². The van der Waals surface area contributed by atoms with Crippen molar-refractivity contribution in [2.75, 3.05) is 25.2 Å². The van der Waals surface area contributed by atoms with Gasteiger partial charge >= 0.3 is 7.82 Å². The zero-order valence-electron chi connectivity index (χ0n) is 17.3. The monoisotopic (exact) mass is 500 g/mol. The number of hydrogen-bond acceptors (Lipinski definition) is 8. The van der Waals surface area contributed by atoms with Crippen molar-refractivity contribution < 1.29 is 46.8 Å². The third kappa shape index (κ3) is 7.67. The van der Waals surface area contributed by atoms with Crippen LogP contribution in [0.1, 0.15) is 22.3 Å². The zero-order chi connectivity index (χ0) is 24.7. The van der Waals surface area contributed by atoms with Crippen LogP contribution in [0.15, 0.2) is 24.3 Å². The van der Waals surface area contributed by atoms with Crippen LogP contribution < -0.4 is 10.8 Å². The summed E-state index contributed by atoms with van der Waals surface area (Å²) >= 11 is 0. The van der Waals surface area contributed by atoms with Crippen LogP contribution in [0, 0.1) is 23.7 Å². The molecule has 1 aromatic carbocycles. The first-order chi connectivity index (χ1) is 15.4. The van der Waals surface area contributed by atoms with E-state index < -0.39 is 52.6 Å². The Morgan fingerprint density at radius 1 is 1.21 bits per heavy atom. The minimum atomic E-state index is -4.52. The summed E-state index contributed by atoms with van der Waals surface area (Å²) in [7, 11) is -6.73. The molecule has 0 bridgehead atoms. The van der Waals surface area contributed by atoms with Gasteiger partial charge in [-0.2, -0.15) is 0 Å². The van der Waals surface area contributed by atoms with Gasteiger partial charge in [-0.1, -0.05) is 11.8 Å². The molecule has 1 atom stereocenters. The molecular formula is C19H21N2O10PS. The van der Waals surface area contributed by atoms with Crippen molar-refractivity contribution in [1.29, 1.82) is 0 Å². The van der Waals surface area contributed by atoms with Crippen LogP contribution >= 0.6 is 7.82 Å². The summed E-state index contributed by atoms with van der Waals surface area (Å²) in [5.74, 6) is 7.60. The average Bonchev–Trinajstić information content (AvgIpc) is 2.73. The molecule has 12 nitrogen and oxygen atoms in total.